The molecule has 0 aliphatic rings. The number of aryl methyl sites for hydroxylation is 1. The van der Waals surface area contributed by atoms with Crippen LogP contribution in [0.1, 0.15) is 16.4 Å². The fourth-order valence-electron chi connectivity index (χ4n) is 2.06. The van der Waals surface area contributed by atoms with Gasteiger partial charge in [-0.1, -0.05) is 0 Å². The van der Waals surface area contributed by atoms with Crippen LogP contribution in [0, 0.1) is 17.8 Å². The molecule has 2 atom stereocenters. The van der Waals surface area contributed by atoms with Crippen LogP contribution < -0.4 is 10.6 Å². The van der Waals surface area contributed by atoms with Crippen LogP contribution in [-0.2, 0) is 24.4 Å². The fraction of sp³-hybridized carbons (Fsp3) is 0.364. The minimum absolute atomic E-state index is 0.141. The first-order valence-corrected chi connectivity index (χ1v) is 11.1. The van der Waals surface area contributed by atoms with Crippen molar-refractivity contribution in [1.29, 1.82) is 0 Å². The third-order valence-corrected chi connectivity index (χ3v) is 6.78. The van der Waals surface area contributed by atoms with Gasteiger partial charge >= 0.3 is 7.82 Å². The second-order valence-corrected chi connectivity index (χ2v) is 9.52. The molecule has 11 nitrogen and oxygen atoms in total. The Labute approximate surface area is 157 Å². The maximum absolute atomic E-state index is 11.4. The van der Waals surface area contributed by atoms with Crippen molar-refractivity contribution in [3.8, 4) is 5.69 Å². The highest BCUT2D eigenvalue weighted by Crippen LogP contribution is 2.55. The standard InChI is InChI=1S/C11H16N4O7P2S2/c1-6-9(3-4-21-24(19,20)22-23(16,17)18)26-11(25)15(6)8-5-13-7(2)14-10(8)12/h5H,3-4H2,1-2H3,(H,19,20)(H2,12,13,14)(H2,16,17,18)/p-1. The summed E-state index contributed by atoms with van der Waals surface area (Å²) in [6.07, 6.45) is 1.68. The third-order valence-electron chi connectivity index (χ3n) is 3.08. The first-order chi connectivity index (χ1) is 11.9. The molecule has 0 amide bonds. The summed E-state index contributed by atoms with van der Waals surface area (Å²) in [7, 11) is -10.3. The van der Waals surface area contributed by atoms with E-state index in [4.69, 9.17) is 22.8 Å². The van der Waals surface area contributed by atoms with Crippen molar-refractivity contribution in [3.05, 3.63) is 26.5 Å². The molecule has 0 fully saturated rings. The smallest absolute Gasteiger partial charge is 0.478 e. The summed E-state index contributed by atoms with van der Waals surface area (Å²) in [5.41, 5.74) is 7.12. The van der Waals surface area contributed by atoms with E-state index in [9.17, 15) is 18.9 Å². The number of nitrogens with zero attached hydrogens (tertiary/aromatic N) is 3. The largest absolute Gasteiger partial charge is 0.756 e. The number of rotatable bonds is 7. The molecule has 0 saturated carbocycles. The molecule has 0 saturated heterocycles. The molecule has 2 unspecified atom stereocenters. The number of hydrogen-bond donors (Lipinski definition) is 3. The molecule has 15 heteroatoms. The molecular weight excluding hydrogens is 426 g/mol. The first kappa shape index (κ1) is 21.3. The molecule has 0 aliphatic carbocycles. The maximum atomic E-state index is 11.4. The van der Waals surface area contributed by atoms with Crippen molar-refractivity contribution in [2.24, 2.45) is 0 Å². The summed E-state index contributed by atoms with van der Waals surface area (Å²) in [5.74, 6) is 0.761. The lowest BCUT2D eigenvalue weighted by Crippen LogP contribution is -2.07. The molecule has 2 rings (SSSR count). The van der Waals surface area contributed by atoms with Gasteiger partial charge in [0, 0.05) is 17.0 Å². The van der Waals surface area contributed by atoms with E-state index in [2.05, 4.69) is 18.8 Å². The highest BCUT2D eigenvalue weighted by molar-refractivity contribution is 7.73. The topological polar surface area (TPSA) is 173 Å². The summed E-state index contributed by atoms with van der Waals surface area (Å²) < 4.78 is 32.2. The Morgan fingerprint density at radius 1 is 1.42 bits per heavy atom. The van der Waals surface area contributed by atoms with Gasteiger partial charge in [0.1, 0.15) is 11.5 Å². The number of nitrogens with two attached hydrogens (primary N) is 1. The van der Waals surface area contributed by atoms with Gasteiger partial charge in [0.15, 0.2) is 9.77 Å². The van der Waals surface area contributed by atoms with Gasteiger partial charge < -0.3 is 20.4 Å². The number of phosphoric ester groups is 1. The number of thiazole rings is 1. The number of hydrogen-bond acceptors (Lipinski definition) is 10. The van der Waals surface area contributed by atoms with Gasteiger partial charge in [0.25, 0.3) is 7.82 Å². The number of phosphoric acid groups is 2. The van der Waals surface area contributed by atoms with Gasteiger partial charge in [0.2, 0.25) is 0 Å². The molecule has 2 heterocycles. The average molecular weight is 441 g/mol. The highest BCUT2D eigenvalue weighted by Gasteiger charge is 2.26. The SMILES string of the molecule is Cc1ncc(-n2c(C)c(CCOP(=O)(O)OP(=O)([O-])O)sc2=S)c(N)n1. The van der Waals surface area contributed by atoms with E-state index >= 15 is 0 Å². The van der Waals surface area contributed by atoms with Gasteiger partial charge in [-0.25, -0.2) is 18.8 Å². The number of aromatic nitrogens is 3. The van der Waals surface area contributed by atoms with Crippen LogP contribution in [0.5, 0.6) is 0 Å². The molecule has 2 aromatic rings. The lowest BCUT2D eigenvalue weighted by molar-refractivity contribution is -0.212. The van der Waals surface area contributed by atoms with Crippen LogP contribution in [0.4, 0.5) is 5.82 Å². The Morgan fingerprint density at radius 3 is 2.65 bits per heavy atom. The van der Waals surface area contributed by atoms with Gasteiger partial charge in [-0.2, -0.15) is 0 Å². The minimum Gasteiger partial charge on any atom is -0.756 e. The average Bonchev–Trinajstić information content (AvgIpc) is 2.72. The van der Waals surface area contributed by atoms with Crippen LogP contribution in [0.25, 0.3) is 5.69 Å². The molecule has 0 spiro atoms. The van der Waals surface area contributed by atoms with E-state index in [0.717, 1.165) is 0 Å². The Balaban J connectivity index is 2.17. The van der Waals surface area contributed by atoms with E-state index in [1.165, 1.54) is 17.5 Å². The summed E-state index contributed by atoms with van der Waals surface area (Å²) in [6, 6.07) is 0. The monoisotopic (exact) mass is 441 g/mol. The molecule has 0 aromatic carbocycles. The fourth-order valence-corrected chi connectivity index (χ4v) is 5.11. The van der Waals surface area contributed by atoms with E-state index in [0.29, 0.717) is 26.0 Å². The lowest BCUT2D eigenvalue weighted by atomic mass is 10.3. The predicted octanol–water partition coefficient (Wildman–Crippen LogP) is 1.39. The zero-order valence-electron chi connectivity index (χ0n) is 13.6. The summed E-state index contributed by atoms with van der Waals surface area (Å²) in [6.45, 7) is 3.12. The molecule has 26 heavy (non-hydrogen) atoms. The Hall–Kier alpha value is -1.01. The quantitative estimate of drug-likeness (QED) is 0.418. The summed E-state index contributed by atoms with van der Waals surface area (Å²) in [5, 5.41) is 0. The van der Waals surface area contributed by atoms with E-state index in [1.807, 2.05) is 0 Å². The van der Waals surface area contributed by atoms with E-state index in [1.54, 1.807) is 18.4 Å². The summed E-state index contributed by atoms with van der Waals surface area (Å²) >= 11 is 6.54. The Morgan fingerprint density at radius 2 is 2.08 bits per heavy atom. The van der Waals surface area contributed by atoms with Crippen LogP contribution in [0.3, 0.4) is 0 Å². The van der Waals surface area contributed by atoms with Crippen molar-refractivity contribution >= 4 is 45.0 Å². The van der Waals surface area contributed by atoms with Gasteiger partial charge in [-0.15, -0.1) is 11.3 Å². The zero-order chi connectivity index (χ0) is 19.7. The molecule has 2 aromatic heterocycles. The summed E-state index contributed by atoms with van der Waals surface area (Å²) in [4.78, 5) is 37.1. The predicted molar refractivity (Wildman–Crippen MR) is 94.3 cm³/mol. The van der Waals surface area contributed by atoms with Crippen molar-refractivity contribution in [2.75, 3.05) is 12.3 Å². The number of nitrogen functional groups attached to an aromatic ring is 1. The van der Waals surface area contributed by atoms with Crippen LogP contribution in [-0.4, -0.2) is 30.9 Å². The zero-order valence-corrected chi connectivity index (χ0v) is 17.0. The molecular formula is C11H15N4O7P2S2-. The van der Waals surface area contributed by atoms with Crippen molar-refractivity contribution in [1.82, 2.24) is 14.5 Å². The van der Waals surface area contributed by atoms with Crippen LogP contribution in [0.15, 0.2) is 6.20 Å². The first-order valence-electron chi connectivity index (χ1n) is 6.93. The van der Waals surface area contributed by atoms with E-state index < -0.39 is 15.6 Å². The molecule has 144 valence electrons. The van der Waals surface area contributed by atoms with Crippen LogP contribution in [0.2, 0.25) is 0 Å². The molecule has 0 radical (unpaired) electrons. The Bertz CT molecular complexity index is 970. The second kappa shape index (κ2) is 7.93. The third kappa shape index (κ3) is 5.49. The van der Waals surface area contributed by atoms with Gasteiger partial charge in [-0.3, -0.25) is 13.7 Å². The molecule has 0 aliphatic heterocycles. The molecule has 0 bridgehead atoms. The van der Waals surface area contributed by atoms with Crippen molar-refractivity contribution in [3.63, 3.8) is 0 Å². The minimum atomic E-state index is -5.40. The van der Waals surface area contributed by atoms with Gasteiger partial charge in [0.05, 0.1) is 12.8 Å². The normalized spacial score (nSPS) is 16.2. The number of anilines is 1. The molecule has 4 N–H and O–H groups in total. The van der Waals surface area contributed by atoms with Gasteiger partial charge in [-0.05, 0) is 26.1 Å². The second-order valence-electron chi connectivity index (χ2n) is 5.00. The maximum Gasteiger partial charge on any atom is 0.478 e. The highest BCUT2D eigenvalue weighted by atomic mass is 32.1. The lowest BCUT2D eigenvalue weighted by Gasteiger charge is -2.18. The van der Waals surface area contributed by atoms with Crippen molar-refractivity contribution < 1.29 is 32.6 Å². The Kier molecular flexibility index (Phi) is 6.49. The van der Waals surface area contributed by atoms with Crippen molar-refractivity contribution in [2.45, 2.75) is 20.3 Å². The van der Waals surface area contributed by atoms with Crippen LogP contribution >= 0.6 is 39.2 Å². The van der Waals surface area contributed by atoms with E-state index in [-0.39, 0.29) is 18.8 Å².